The van der Waals surface area contributed by atoms with Crippen LogP contribution in [0.5, 0.6) is 11.5 Å². The van der Waals surface area contributed by atoms with E-state index in [-0.39, 0.29) is 35.8 Å². The van der Waals surface area contributed by atoms with Gasteiger partial charge in [0.1, 0.15) is 24.3 Å². The molecule has 148 valence electrons. The molecule has 0 atom stereocenters. The fourth-order valence-electron chi connectivity index (χ4n) is 2.75. The second-order valence-corrected chi connectivity index (χ2v) is 6.16. The maximum Gasteiger partial charge on any atom is 0.341 e. The van der Waals surface area contributed by atoms with Gasteiger partial charge < -0.3 is 19.3 Å². The molecule has 0 heterocycles. The van der Waals surface area contributed by atoms with Crippen LogP contribution in [0.2, 0.25) is 0 Å². The molecule has 3 aromatic rings. The van der Waals surface area contributed by atoms with E-state index in [1.807, 2.05) is 60.7 Å². The molecule has 0 fully saturated rings. The molecule has 3 rings (SSSR count). The first-order valence-corrected chi connectivity index (χ1v) is 8.92. The van der Waals surface area contributed by atoms with Gasteiger partial charge in [-0.15, -0.1) is 0 Å². The lowest BCUT2D eigenvalue weighted by atomic mass is 10.1. The second kappa shape index (κ2) is 9.41. The minimum Gasteiger partial charge on any atom is -0.484 e. The molecular formula is C23H20O6. The maximum absolute atomic E-state index is 12.2. The Morgan fingerprint density at radius 1 is 0.724 bits per heavy atom. The number of carbonyl (C=O) groups is 2. The van der Waals surface area contributed by atoms with E-state index < -0.39 is 11.9 Å². The highest BCUT2D eigenvalue weighted by Crippen LogP contribution is 2.37. The number of carboxylic acid groups (broad SMARTS) is 1. The summed E-state index contributed by atoms with van der Waals surface area (Å²) in [7, 11) is 1.25. The van der Waals surface area contributed by atoms with Crippen LogP contribution in [0, 0.1) is 0 Å². The van der Waals surface area contributed by atoms with Gasteiger partial charge in [-0.25, -0.2) is 9.59 Å². The maximum atomic E-state index is 12.2. The minimum absolute atomic E-state index is 0.0137. The molecule has 0 amide bonds. The van der Waals surface area contributed by atoms with Crippen molar-refractivity contribution in [2.45, 2.75) is 13.2 Å². The van der Waals surface area contributed by atoms with Crippen LogP contribution >= 0.6 is 0 Å². The van der Waals surface area contributed by atoms with Crippen molar-refractivity contribution in [1.29, 1.82) is 0 Å². The molecule has 6 heteroatoms. The molecule has 0 saturated heterocycles. The normalized spacial score (nSPS) is 10.2. The molecule has 1 N–H and O–H groups in total. The van der Waals surface area contributed by atoms with Gasteiger partial charge in [0.15, 0.2) is 11.5 Å². The van der Waals surface area contributed by atoms with Gasteiger partial charge in [-0.1, -0.05) is 60.7 Å². The number of ether oxygens (including phenoxy) is 3. The highest BCUT2D eigenvalue weighted by atomic mass is 16.5. The number of esters is 1. The summed E-state index contributed by atoms with van der Waals surface area (Å²) in [5.41, 5.74) is 1.70. The number of methoxy groups -OCH3 is 1. The summed E-state index contributed by atoms with van der Waals surface area (Å²) in [6, 6.07) is 21.3. The van der Waals surface area contributed by atoms with Crippen molar-refractivity contribution in [3.63, 3.8) is 0 Å². The number of aromatic carboxylic acids is 1. The first-order chi connectivity index (χ1) is 14.1. The molecular weight excluding hydrogens is 372 g/mol. The van der Waals surface area contributed by atoms with E-state index >= 15 is 0 Å². The van der Waals surface area contributed by atoms with Crippen molar-refractivity contribution in [1.82, 2.24) is 0 Å². The number of hydrogen-bond acceptors (Lipinski definition) is 5. The van der Waals surface area contributed by atoms with Gasteiger partial charge in [0.25, 0.3) is 0 Å². The summed E-state index contributed by atoms with van der Waals surface area (Å²) in [5.74, 6) is -1.81. The average Bonchev–Trinajstić information content (AvgIpc) is 2.76. The van der Waals surface area contributed by atoms with Crippen molar-refractivity contribution in [3.05, 3.63) is 95.1 Å². The zero-order valence-electron chi connectivity index (χ0n) is 15.8. The predicted octanol–water partition coefficient (Wildman–Crippen LogP) is 4.33. The minimum atomic E-state index is -1.19. The van der Waals surface area contributed by atoms with Crippen LogP contribution in [-0.2, 0) is 18.0 Å². The van der Waals surface area contributed by atoms with Gasteiger partial charge in [-0.2, -0.15) is 0 Å². The molecule has 0 radical (unpaired) electrons. The highest BCUT2D eigenvalue weighted by Gasteiger charge is 2.25. The predicted molar refractivity (Wildman–Crippen MR) is 106 cm³/mol. The number of hydrogen-bond donors (Lipinski definition) is 1. The van der Waals surface area contributed by atoms with Gasteiger partial charge in [-0.3, -0.25) is 0 Å². The Morgan fingerprint density at radius 3 is 1.62 bits per heavy atom. The molecule has 0 aliphatic rings. The van der Waals surface area contributed by atoms with Crippen LogP contribution in [0.15, 0.2) is 72.8 Å². The fraction of sp³-hybridized carbons (Fsp3) is 0.130. The Bertz CT molecular complexity index is 983. The summed E-state index contributed by atoms with van der Waals surface area (Å²) >= 11 is 0. The van der Waals surface area contributed by atoms with E-state index in [9.17, 15) is 14.7 Å². The highest BCUT2D eigenvalue weighted by molar-refractivity contribution is 5.98. The third kappa shape index (κ3) is 4.93. The summed E-state index contributed by atoms with van der Waals surface area (Å²) in [6.07, 6.45) is 0. The Hall–Kier alpha value is -3.80. The number of rotatable bonds is 8. The molecule has 6 nitrogen and oxygen atoms in total. The molecule has 0 aromatic heterocycles. The number of benzene rings is 3. The summed E-state index contributed by atoms with van der Waals surface area (Å²) in [6.45, 7) is 0.253. The van der Waals surface area contributed by atoms with Gasteiger partial charge >= 0.3 is 11.9 Å². The van der Waals surface area contributed by atoms with E-state index in [1.54, 1.807) is 0 Å². The number of carbonyl (C=O) groups excluding carboxylic acids is 1. The average molecular weight is 392 g/mol. The quantitative estimate of drug-likeness (QED) is 0.575. The van der Waals surface area contributed by atoms with Gasteiger partial charge in [0.05, 0.1) is 7.11 Å². The Labute approximate surface area is 168 Å². The van der Waals surface area contributed by atoms with Crippen LogP contribution < -0.4 is 9.47 Å². The van der Waals surface area contributed by atoms with E-state index in [2.05, 4.69) is 0 Å². The second-order valence-electron chi connectivity index (χ2n) is 6.16. The van der Waals surface area contributed by atoms with Crippen LogP contribution in [-0.4, -0.2) is 24.2 Å². The summed E-state index contributed by atoms with van der Waals surface area (Å²) in [5, 5.41) is 9.61. The van der Waals surface area contributed by atoms with Gasteiger partial charge in [0, 0.05) is 0 Å². The lowest BCUT2D eigenvalue weighted by Gasteiger charge is -2.18. The Balaban J connectivity index is 2.00. The topological polar surface area (TPSA) is 82.1 Å². The molecule has 0 saturated carbocycles. The van der Waals surface area contributed by atoms with E-state index in [0.717, 1.165) is 11.1 Å². The Morgan fingerprint density at radius 2 is 1.17 bits per heavy atom. The lowest BCUT2D eigenvalue weighted by Crippen LogP contribution is -2.11. The van der Waals surface area contributed by atoms with Crippen molar-refractivity contribution in [2.75, 3.05) is 7.11 Å². The van der Waals surface area contributed by atoms with Crippen molar-refractivity contribution in [3.8, 4) is 11.5 Å². The van der Waals surface area contributed by atoms with E-state index in [0.29, 0.717) is 0 Å². The van der Waals surface area contributed by atoms with Crippen molar-refractivity contribution < 1.29 is 28.9 Å². The molecule has 3 aromatic carbocycles. The van der Waals surface area contributed by atoms with Crippen molar-refractivity contribution >= 4 is 11.9 Å². The Kier molecular flexibility index (Phi) is 6.47. The van der Waals surface area contributed by atoms with E-state index in [4.69, 9.17) is 14.2 Å². The van der Waals surface area contributed by atoms with Crippen LogP contribution in [0.25, 0.3) is 0 Å². The van der Waals surface area contributed by atoms with Gasteiger partial charge in [0.2, 0.25) is 0 Å². The lowest BCUT2D eigenvalue weighted by molar-refractivity contribution is 0.0590. The zero-order valence-corrected chi connectivity index (χ0v) is 15.8. The van der Waals surface area contributed by atoms with E-state index in [1.165, 1.54) is 19.2 Å². The standard InChI is InChI=1S/C23H20O6/c1-27-23(26)19-13-12-18(22(24)25)20(28-14-16-8-4-2-5-9-16)21(19)29-15-17-10-6-3-7-11-17/h2-13H,14-15H2,1H3,(H,24,25). The fourth-order valence-corrected chi connectivity index (χ4v) is 2.75. The molecule has 0 aliphatic carbocycles. The zero-order chi connectivity index (χ0) is 20.6. The number of carboxylic acids is 1. The SMILES string of the molecule is COC(=O)c1ccc(C(=O)O)c(OCc2ccccc2)c1OCc1ccccc1. The summed E-state index contributed by atoms with van der Waals surface area (Å²) in [4.78, 5) is 24.0. The third-order valence-corrected chi connectivity index (χ3v) is 4.20. The summed E-state index contributed by atoms with van der Waals surface area (Å²) < 4.78 is 16.5. The monoisotopic (exact) mass is 392 g/mol. The smallest absolute Gasteiger partial charge is 0.341 e. The molecule has 29 heavy (non-hydrogen) atoms. The van der Waals surface area contributed by atoms with Crippen LogP contribution in [0.1, 0.15) is 31.8 Å². The first-order valence-electron chi connectivity index (χ1n) is 8.92. The third-order valence-electron chi connectivity index (χ3n) is 4.20. The van der Waals surface area contributed by atoms with Crippen LogP contribution in [0.4, 0.5) is 0 Å². The first kappa shape index (κ1) is 19.9. The largest absolute Gasteiger partial charge is 0.484 e. The molecule has 0 bridgehead atoms. The van der Waals surface area contributed by atoms with Gasteiger partial charge in [-0.05, 0) is 23.3 Å². The van der Waals surface area contributed by atoms with Crippen LogP contribution in [0.3, 0.4) is 0 Å². The molecule has 0 unspecified atom stereocenters. The van der Waals surface area contributed by atoms with Crippen molar-refractivity contribution in [2.24, 2.45) is 0 Å². The molecule has 0 aliphatic heterocycles. The molecule has 0 spiro atoms.